The molecule has 0 atom stereocenters. The molecule has 1 aliphatic carbocycles. The second kappa shape index (κ2) is 10.3. The van der Waals surface area contributed by atoms with Gasteiger partial charge in [0.2, 0.25) is 5.70 Å². The highest BCUT2D eigenvalue weighted by atomic mass is 19.1. The Balaban J connectivity index is 2.40. The van der Waals surface area contributed by atoms with Crippen LogP contribution in [0.5, 0.6) is 0 Å². The van der Waals surface area contributed by atoms with E-state index in [0.717, 1.165) is 0 Å². The average Bonchev–Trinajstić information content (AvgIpc) is 3.78. The van der Waals surface area contributed by atoms with Crippen LogP contribution in [0.2, 0.25) is 0 Å². The number of allylic oxidation sites excluding steroid dienone is 5. The molecule has 1 saturated carbocycles. The van der Waals surface area contributed by atoms with Gasteiger partial charge in [-0.1, -0.05) is 0 Å². The van der Waals surface area contributed by atoms with Gasteiger partial charge in [-0.15, -0.1) is 0 Å². The molecule has 3 aromatic carbocycles. The van der Waals surface area contributed by atoms with E-state index in [-0.39, 0.29) is 0 Å². The third kappa shape index (κ3) is 4.85. The first-order valence-electron chi connectivity index (χ1n) is 14.6. The van der Waals surface area contributed by atoms with Gasteiger partial charge in [0, 0.05) is 2.74 Å². The Morgan fingerprint density at radius 2 is 1.10 bits per heavy atom. The summed E-state index contributed by atoms with van der Waals surface area (Å²) in [6.07, 6.45) is 0. The number of hydrogen-bond donors (Lipinski definition) is 0. The highest BCUT2D eigenvalue weighted by Crippen LogP contribution is 2.56. The molecule has 0 N–H and O–H groups in total. The van der Waals surface area contributed by atoms with E-state index >= 15 is 0 Å². The summed E-state index contributed by atoms with van der Waals surface area (Å²) in [5.74, 6) is -4.94. The van der Waals surface area contributed by atoms with E-state index < -0.39 is 139 Å². The zero-order chi connectivity index (χ0) is 36.1. The number of nitrogens with zero attached hydrogens (tertiary/aromatic N) is 6. The van der Waals surface area contributed by atoms with Crippen molar-refractivity contribution in [3.63, 3.8) is 0 Å². The zero-order valence-electron chi connectivity index (χ0n) is 27.8. The Morgan fingerprint density at radius 1 is 0.641 bits per heavy atom. The molecule has 0 bridgehead atoms. The Labute approximate surface area is 233 Å². The smallest absolute Gasteiger partial charge is 0.202 e. The Bertz CT molecular complexity index is 2160. The van der Waals surface area contributed by atoms with Crippen LogP contribution in [-0.2, 0) is 0 Å². The fourth-order valence-electron chi connectivity index (χ4n) is 3.46. The molecule has 0 aliphatic heterocycles. The lowest BCUT2D eigenvalue weighted by atomic mass is 10.0. The van der Waals surface area contributed by atoms with Crippen LogP contribution < -0.4 is 0 Å². The SMILES string of the molecule is [2H]c1c(F)c([2H])c(C([N+]#[C-])=C2C(=C(\C#N)c3c([2H])c(F)c([2H])c([N+]#[C-])c3[2H])/C2=C(\C#N)c2c([2H])c(F)c([2H])c([N+]#[C-])c2[2H])c([2H])c1C#N. The molecule has 1 fully saturated rings. The lowest BCUT2D eigenvalue weighted by Crippen LogP contribution is -1.87. The van der Waals surface area contributed by atoms with Gasteiger partial charge in [0.25, 0.3) is 0 Å². The van der Waals surface area contributed by atoms with Gasteiger partial charge in [-0.25, -0.2) is 27.7 Å². The largest absolute Gasteiger partial charge is 0.238 e. The molecule has 9 heteroatoms. The molecular weight excluding hydrogens is 501 g/mol. The molecule has 1 aliphatic rings. The van der Waals surface area contributed by atoms with Crippen LogP contribution in [0.3, 0.4) is 0 Å². The summed E-state index contributed by atoms with van der Waals surface area (Å²) in [6.45, 7) is 22.4. The highest BCUT2D eigenvalue weighted by molar-refractivity contribution is 6.11. The second-order valence-electron chi connectivity index (χ2n) is 7.16. The quantitative estimate of drug-likeness (QED) is 0.263. The van der Waals surface area contributed by atoms with E-state index in [1.807, 2.05) is 0 Å². The molecule has 180 valence electrons. The molecular formula is C30H9F3N6. The molecule has 0 saturated heterocycles. The van der Waals surface area contributed by atoms with Crippen LogP contribution in [0.4, 0.5) is 24.5 Å². The zero-order valence-corrected chi connectivity index (χ0v) is 18.8. The molecule has 39 heavy (non-hydrogen) atoms. The first-order chi connectivity index (χ1) is 22.6. The van der Waals surface area contributed by atoms with Gasteiger partial charge in [0.05, 0.1) is 52.1 Å². The summed E-state index contributed by atoms with van der Waals surface area (Å²) in [5, 5.41) is 30.0. The first kappa shape index (κ1) is 16.4. The number of halogens is 3. The van der Waals surface area contributed by atoms with Crippen molar-refractivity contribution in [3.05, 3.63) is 145 Å². The molecule has 0 aromatic heterocycles. The van der Waals surface area contributed by atoms with Gasteiger partial charge >= 0.3 is 0 Å². The number of benzene rings is 3. The molecule has 4 rings (SSSR count). The van der Waals surface area contributed by atoms with Crippen molar-refractivity contribution in [1.82, 2.24) is 0 Å². The van der Waals surface area contributed by atoms with E-state index in [4.69, 9.17) is 32.1 Å². The van der Waals surface area contributed by atoms with E-state index in [2.05, 4.69) is 14.5 Å². The Hall–Kier alpha value is -6.39. The maximum absolute atomic E-state index is 15.0. The van der Waals surface area contributed by atoms with Crippen molar-refractivity contribution in [2.24, 2.45) is 0 Å². The topological polar surface area (TPSA) is 84.4 Å². The monoisotopic (exact) mass is 519 g/mol. The summed E-state index contributed by atoms with van der Waals surface area (Å²) < 4.78 is 118. The van der Waals surface area contributed by atoms with Crippen molar-refractivity contribution >= 4 is 28.2 Å². The average molecular weight is 519 g/mol. The van der Waals surface area contributed by atoms with E-state index in [0.29, 0.717) is 0 Å². The standard InChI is InChI=1S/C30H9F3N6/c1-37-23-9-17(6-21(32)11-23)25(14-35)27-28(26(15-36)18-7-22(33)12-24(10-18)38-2)29(27)30(39-3)19-4-16(13-34)5-20(31)8-19/h4-12H/b27-25-,28-26+,30-29?/i4D,5D,6D,7D,8D,9D,10D,11D,12D. The number of rotatable bonds is 3. The minimum Gasteiger partial charge on any atom is -0.238 e. The van der Waals surface area contributed by atoms with E-state index in [9.17, 15) is 29.0 Å². The van der Waals surface area contributed by atoms with Gasteiger partial charge in [0.15, 0.2) is 11.4 Å². The van der Waals surface area contributed by atoms with E-state index in [1.165, 1.54) is 6.07 Å². The third-order valence-corrected chi connectivity index (χ3v) is 4.96. The van der Waals surface area contributed by atoms with Crippen LogP contribution in [0.25, 0.3) is 31.4 Å². The molecule has 6 nitrogen and oxygen atoms in total. The first-order valence-corrected chi connectivity index (χ1v) is 10.1. The van der Waals surface area contributed by atoms with Crippen molar-refractivity contribution in [1.29, 1.82) is 15.8 Å². The summed E-state index contributed by atoms with van der Waals surface area (Å²) in [6, 6.07) is -5.76. The molecule has 0 amide bonds. The molecule has 0 heterocycles. The van der Waals surface area contributed by atoms with Crippen LogP contribution in [0.1, 0.15) is 34.6 Å². The molecule has 0 spiro atoms. The number of nitriles is 3. The Kier molecular flexibility index (Phi) is 4.33. The van der Waals surface area contributed by atoms with Crippen molar-refractivity contribution in [2.45, 2.75) is 0 Å². The van der Waals surface area contributed by atoms with Crippen LogP contribution in [0, 0.1) is 71.2 Å². The summed E-state index contributed by atoms with van der Waals surface area (Å²) in [4.78, 5) is 9.01. The van der Waals surface area contributed by atoms with Crippen LogP contribution in [0.15, 0.2) is 71.1 Å². The summed E-state index contributed by atoms with van der Waals surface area (Å²) in [5.41, 5.74) is -10.3. The summed E-state index contributed by atoms with van der Waals surface area (Å²) in [7, 11) is 0. The maximum atomic E-state index is 15.0. The highest BCUT2D eigenvalue weighted by Gasteiger charge is 2.41. The van der Waals surface area contributed by atoms with Gasteiger partial charge in [-0.3, -0.25) is 0 Å². The van der Waals surface area contributed by atoms with Gasteiger partial charge in [-0.2, -0.15) is 15.8 Å². The predicted octanol–water partition coefficient (Wildman–Crippen LogP) is 7.68. The predicted molar refractivity (Wildman–Crippen MR) is 135 cm³/mol. The summed E-state index contributed by atoms with van der Waals surface area (Å²) >= 11 is 0. The maximum Gasteiger partial charge on any atom is 0.202 e. The third-order valence-electron chi connectivity index (χ3n) is 4.96. The molecule has 3 aromatic rings. The normalized spacial score (nSPS) is 18.5. The minimum atomic E-state index is -1.65. The Morgan fingerprint density at radius 3 is 1.51 bits per heavy atom. The fraction of sp³-hybridized carbons (Fsp3) is 0. The second-order valence-corrected chi connectivity index (χ2v) is 7.16. The fourth-order valence-corrected chi connectivity index (χ4v) is 3.46. The lowest BCUT2D eigenvalue weighted by molar-refractivity contribution is 0.626. The minimum absolute atomic E-state index is 0.652. The van der Waals surface area contributed by atoms with Gasteiger partial charge < -0.3 is 0 Å². The van der Waals surface area contributed by atoms with Gasteiger partial charge in [-0.05, 0) is 87.8 Å². The molecule has 0 unspecified atom stereocenters. The number of hydrogen-bond acceptors (Lipinski definition) is 3. The van der Waals surface area contributed by atoms with Gasteiger partial charge in [0.1, 0.15) is 29.6 Å². The van der Waals surface area contributed by atoms with Crippen LogP contribution in [-0.4, -0.2) is 0 Å². The molecule has 0 radical (unpaired) electrons. The van der Waals surface area contributed by atoms with Crippen LogP contribution >= 0.6 is 0 Å². The van der Waals surface area contributed by atoms with Crippen molar-refractivity contribution < 1.29 is 25.5 Å². The van der Waals surface area contributed by atoms with Crippen molar-refractivity contribution in [2.75, 3.05) is 0 Å². The van der Waals surface area contributed by atoms with E-state index in [1.54, 1.807) is 12.1 Å². The van der Waals surface area contributed by atoms with Crippen molar-refractivity contribution in [3.8, 4) is 18.2 Å². The lowest BCUT2D eigenvalue weighted by Gasteiger charge is -2.01.